The van der Waals surface area contributed by atoms with Crippen molar-refractivity contribution in [3.63, 3.8) is 0 Å². The van der Waals surface area contributed by atoms with Crippen LogP contribution in [-0.2, 0) is 14.3 Å². The quantitative estimate of drug-likeness (QED) is 0.712. The van der Waals surface area contributed by atoms with E-state index >= 15 is 0 Å². The first kappa shape index (κ1) is 20.0. The first-order valence-corrected chi connectivity index (χ1v) is 9.08. The maximum atomic E-state index is 12.4. The number of hydrogen-bond acceptors (Lipinski definition) is 7. The lowest BCUT2D eigenvalue weighted by Crippen LogP contribution is -2.54. The molecule has 9 heteroatoms. The summed E-state index contributed by atoms with van der Waals surface area (Å²) < 4.78 is 10.1. The van der Waals surface area contributed by atoms with Gasteiger partial charge in [0, 0.05) is 19.5 Å². The predicted molar refractivity (Wildman–Crippen MR) is 98.0 cm³/mol. The number of amides is 4. The van der Waals surface area contributed by atoms with E-state index in [0.717, 1.165) is 31.2 Å². The fraction of sp³-hybridized carbons (Fsp3) is 0.474. The first-order chi connectivity index (χ1) is 13.4. The molecular weight excluding hydrogens is 366 g/mol. The Labute approximate surface area is 162 Å². The van der Waals surface area contributed by atoms with Gasteiger partial charge in [-0.1, -0.05) is 0 Å². The zero-order valence-electron chi connectivity index (χ0n) is 15.9. The number of imide groups is 2. The Balaban J connectivity index is 0.000000271. The molecule has 1 aromatic carbocycles. The zero-order chi connectivity index (χ0) is 20.3. The molecular formula is C19H23N3O6. The highest BCUT2D eigenvalue weighted by molar-refractivity contribution is 6.23. The second-order valence-electron chi connectivity index (χ2n) is 6.77. The Morgan fingerprint density at radius 2 is 1.75 bits per heavy atom. The van der Waals surface area contributed by atoms with E-state index in [-0.39, 0.29) is 24.0 Å². The van der Waals surface area contributed by atoms with Crippen molar-refractivity contribution < 1.29 is 28.7 Å². The van der Waals surface area contributed by atoms with Crippen molar-refractivity contribution >= 4 is 23.6 Å². The van der Waals surface area contributed by atoms with Crippen molar-refractivity contribution in [2.75, 3.05) is 40.5 Å². The minimum atomic E-state index is -0.943. The van der Waals surface area contributed by atoms with Crippen LogP contribution >= 0.6 is 0 Å². The summed E-state index contributed by atoms with van der Waals surface area (Å²) in [5.41, 5.74) is 0.453. The van der Waals surface area contributed by atoms with Crippen LogP contribution in [0.1, 0.15) is 33.6 Å². The molecule has 2 fully saturated rings. The normalized spacial score (nSPS) is 22.4. The van der Waals surface area contributed by atoms with E-state index in [1.165, 1.54) is 19.2 Å². The molecule has 1 unspecified atom stereocenters. The molecule has 0 radical (unpaired) electrons. The molecule has 0 aliphatic carbocycles. The molecule has 0 aromatic heterocycles. The number of hydrogen-bond donors (Lipinski definition) is 1. The van der Waals surface area contributed by atoms with Crippen molar-refractivity contribution in [1.82, 2.24) is 15.1 Å². The Bertz CT molecular complexity index is 803. The molecule has 0 saturated carbocycles. The van der Waals surface area contributed by atoms with Gasteiger partial charge in [-0.05, 0) is 31.7 Å². The van der Waals surface area contributed by atoms with Gasteiger partial charge in [0.1, 0.15) is 11.8 Å². The maximum Gasteiger partial charge on any atom is 0.262 e. The smallest absolute Gasteiger partial charge is 0.262 e. The van der Waals surface area contributed by atoms with Gasteiger partial charge in [0.05, 0.1) is 31.5 Å². The Kier molecular flexibility index (Phi) is 6.05. The molecule has 0 spiro atoms. The number of piperidine rings is 1. The number of carbonyl (C=O) groups excluding carboxylic acids is 4. The molecule has 2 saturated heterocycles. The van der Waals surface area contributed by atoms with Crippen molar-refractivity contribution in [2.24, 2.45) is 0 Å². The van der Waals surface area contributed by atoms with Crippen LogP contribution in [0.15, 0.2) is 18.2 Å². The van der Waals surface area contributed by atoms with Crippen molar-refractivity contribution in [1.29, 1.82) is 0 Å². The van der Waals surface area contributed by atoms with Gasteiger partial charge in [-0.25, -0.2) is 0 Å². The molecule has 0 bridgehead atoms. The largest absolute Gasteiger partial charge is 0.497 e. The van der Waals surface area contributed by atoms with Crippen LogP contribution in [0.4, 0.5) is 0 Å². The van der Waals surface area contributed by atoms with E-state index < -0.39 is 29.7 Å². The van der Waals surface area contributed by atoms with Crippen molar-refractivity contribution in [3.8, 4) is 5.75 Å². The van der Waals surface area contributed by atoms with Gasteiger partial charge in [0.2, 0.25) is 11.8 Å². The van der Waals surface area contributed by atoms with Crippen LogP contribution in [0.5, 0.6) is 5.75 Å². The summed E-state index contributed by atoms with van der Waals surface area (Å²) in [6.07, 6.45) is 0.250. The number of likely N-dealkylation sites (N-methyl/N-ethyl adjacent to an activating group) is 1. The van der Waals surface area contributed by atoms with E-state index in [1.54, 1.807) is 6.07 Å². The molecule has 4 amide bonds. The van der Waals surface area contributed by atoms with Gasteiger partial charge in [-0.15, -0.1) is 0 Å². The molecule has 1 aromatic rings. The number of nitrogens with one attached hydrogen (secondary N) is 1. The van der Waals surface area contributed by atoms with Gasteiger partial charge in [-0.3, -0.25) is 29.4 Å². The third-order valence-corrected chi connectivity index (χ3v) is 4.88. The van der Waals surface area contributed by atoms with E-state index in [4.69, 9.17) is 9.47 Å². The SMILES string of the molecule is CN1CCOCC1.COc1ccc2c(c1)C(=O)N(C1CCC(=O)NC1=O)C2=O. The predicted octanol–water partition coefficient (Wildman–Crippen LogP) is 0.0448. The lowest BCUT2D eigenvalue weighted by atomic mass is 10.0. The van der Waals surface area contributed by atoms with Crippen LogP contribution in [-0.4, -0.2) is 79.9 Å². The van der Waals surface area contributed by atoms with Crippen molar-refractivity contribution in [3.05, 3.63) is 29.3 Å². The van der Waals surface area contributed by atoms with Gasteiger partial charge in [0.15, 0.2) is 0 Å². The molecule has 3 heterocycles. The van der Waals surface area contributed by atoms with E-state index in [2.05, 4.69) is 17.3 Å². The van der Waals surface area contributed by atoms with Crippen LogP contribution in [0.3, 0.4) is 0 Å². The second-order valence-corrected chi connectivity index (χ2v) is 6.77. The van der Waals surface area contributed by atoms with Crippen LogP contribution < -0.4 is 10.1 Å². The first-order valence-electron chi connectivity index (χ1n) is 9.08. The Hall–Kier alpha value is -2.78. The Morgan fingerprint density at radius 1 is 1.07 bits per heavy atom. The van der Waals surface area contributed by atoms with Gasteiger partial charge >= 0.3 is 0 Å². The van der Waals surface area contributed by atoms with Gasteiger partial charge < -0.3 is 14.4 Å². The van der Waals surface area contributed by atoms with Crippen molar-refractivity contribution in [2.45, 2.75) is 18.9 Å². The summed E-state index contributed by atoms with van der Waals surface area (Å²) in [7, 11) is 3.57. The third kappa shape index (κ3) is 4.05. The fourth-order valence-corrected chi connectivity index (χ4v) is 3.23. The minimum Gasteiger partial charge on any atom is -0.497 e. The average Bonchev–Trinajstić information content (AvgIpc) is 2.93. The monoisotopic (exact) mass is 389 g/mol. The topological polar surface area (TPSA) is 105 Å². The summed E-state index contributed by atoms with van der Waals surface area (Å²) in [5, 5.41) is 2.15. The van der Waals surface area contributed by atoms with E-state index in [0.29, 0.717) is 5.75 Å². The highest BCUT2D eigenvalue weighted by atomic mass is 16.5. The maximum absolute atomic E-state index is 12.4. The summed E-state index contributed by atoms with van der Waals surface area (Å²) >= 11 is 0. The van der Waals surface area contributed by atoms with E-state index in [1.807, 2.05) is 0 Å². The molecule has 3 aliphatic heterocycles. The third-order valence-electron chi connectivity index (χ3n) is 4.88. The summed E-state index contributed by atoms with van der Waals surface area (Å²) in [6.45, 7) is 4.02. The number of ether oxygens (including phenoxy) is 2. The lowest BCUT2D eigenvalue weighted by Gasteiger charge is -2.27. The van der Waals surface area contributed by atoms with Crippen LogP contribution in [0, 0.1) is 0 Å². The molecule has 28 heavy (non-hydrogen) atoms. The molecule has 3 aliphatic rings. The van der Waals surface area contributed by atoms with E-state index in [9.17, 15) is 19.2 Å². The Morgan fingerprint density at radius 3 is 2.32 bits per heavy atom. The summed E-state index contributed by atoms with van der Waals surface area (Å²) in [6, 6.07) is 3.61. The molecule has 1 atom stereocenters. The van der Waals surface area contributed by atoms with Crippen LogP contribution in [0.25, 0.3) is 0 Å². The lowest BCUT2D eigenvalue weighted by molar-refractivity contribution is -0.136. The molecule has 1 N–H and O–H groups in total. The average molecular weight is 389 g/mol. The zero-order valence-corrected chi connectivity index (χ0v) is 15.9. The summed E-state index contributed by atoms with van der Waals surface area (Å²) in [5.74, 6) is -1.61. The number of nitrogens with zero attached hydrogens (tertiary/aromatic N) is 2. The number of fused-ring (bicyclic) bond motifs is 1. The second kappa shape index (κ2) is 8.49. The number of carbonyl (C=O) groups is 4. The number of morpholine rings is 1. The minimum absolute atomic E-state index is 0.104. The van der Waals surface area contributed by atoms with Gasteiger partial charge in [-0.2, -0.15) is 0 Å². The standard InChI is InChI=1S/C14H12N2O5.C5H11NO/c1-21-7-2-3-8-9(6-7)14(20)16(13(8)19)10-4-5-11(17)15-12(10)18;1-6-2-4-7-5-3-6/h2-3,6,10H,4-5H2,1H3,(H,15,17,18);2-5H2,1H3. The molecule has 9 nitrogen and oxygen atoms in total. The number of methoxy groups -OCH3 is 1. The molecule has 4 rings (SSSR count). The number of benzene rings is 1. The van der Waals surface area contributed by atoms with Gasteiger partial charge in [0.25, 0.3) is 11.8 Å². The highest BCUT2D eigenvalue weighted by Gasteiger charge is 2.44. The fourth-order valence-electron chi connectivity index (χ4n) is 3.23. The highest BCUT2D eigenvalue weighted by Crippen LogP contribution is 2.29. The molecule has 150 valence electrons. The number of rotatable bonds is 2. The summed E-state index contributed by atoms with van der Waals surface area (Å²) in [4.78, 5) is 50.9. The van der Waals surface area contributed by atoms with Crippen LogP contribution in [0.2, 0.25) is 0 Å².